The molecule has 0 bridgehead atoms. The van der Waals surface area contributed by atoms with Crippen LogP contribution in [0.2, 0.25) is 10.0 Å². The fraction of sp³-hybridized carbons (Fsp3) is 0.485. The number of carbonyl (C=O) groups is 5. The lowest BCUT2D eigenvalue weighted by atomic mass is 9.77. The fourth-order valence-electron chi connectivity index (χ4n) is 6.35. The Morgan fingerprint density at radius 1 is 0.911 bits per heavy atom. The van der Waals surface area contributed by atoms with Crippen molar-refractivity contribution in [1.29, 1.82) is 0 Å². The van der Waals surface area contributed by atoms with Crippen molar-refractivity contribution in [3.05, 3.63) is 69.7 Å². The van der Waals surface area contributed by atoms with Crippen LogP contribution in [-0.4, -0.2) is 76.7 Å². The number of benzene rings is 2. The molecule has 2 atom stereocenters. The number of nitrogens with one attached hydrogen (secondary N) is 2. The van der Waals surface area contributed by atoms with Crippen molar-refractivity contribution in [2.45, 2.75) is 76.4 Å². The van der Waals surface area contributed by atoms with Gasteiger partial charge in [0.25, 0.3) is 5.91 Å². The molecule has 12 heteroatoms. The van der Waals surface area contributed by atoms with Gasteiger partial charge in [0.1, 0.15) is 12.1 Å². The van der Waals surface area contributed by atoms with Crippen molar-refractivity contribution in [3.8, 4) is 0 Å². The highest BCUT2D eigenvalue weighted by atomic mass is 35.5. The van der Waals surface area contributed by atoms with Crippen LogP contribution in [0.4, 0.5) is 0 Å². The molecule has 1 aliphatic heterocycles. The molecule has 1 saturated carbocycles. The summed E-state index contributed by atoms with van der Waals surface area (Å²) < 4.78 is 0. The maximum Gasteiger partial charge on any atom is 0.305 e. The Kier molecular flexibility index (Phi) is 11.9. The lowest BCUT2D eigenvalue weighted by Crippen LogP contribution is -2.52. The zero-order chi connectivity index (χ0) is 32.6. The third-order valence-corrected chi connectivity index (χ3v) is 9.28. The normalized spacial score (nSPS) is 16.9. The summed E-state index contributed by atoms with van der Waals surface area (Å²) in [5.74, 6) is -3.26. The van der Waals surface area contributed by atoms with Gasteiger partial charge in [-0.1, -0.05) is 66.4 Å². The summed E-state index contributed by atoms with van der Waals surface area (Å²) in [6.45, 7) is 1.38. The first-order chi connectivity index (χ1) is 21.4. The van der Waals surface area contributed by atoms with E-state index >= 15 is 0 Å². The minimum absolute atomic E-state index is 0.0554. The predicted octanol–water partition coefficient (Wildman–Crippen LogP) is 4.67. The molecule has 3 N–H and O–H groups in total. The number of aliphatic carboxylic acids is 1. The number of carboxylic acids is 1. The summed E-state index contributed by atoms with van der Waals surface area (Å²) in [6.07, 6.45) is 5.67. The number of likely N-dealkylation sites (tertiary alicyclic amines) is 1. The molecule has 1 spiro atoms. The van der Waals surface area contributed by atoms with Gasteiger partial charge in [-0.05, 0) is 61.3 Å². The van der Waals surface area contributed by atoms with Crippen LogP contribution in [0.1, 0.15) is 73.7 Å². The van der Waals surface area contributed by atoms with Crippen LogP contribution < -0.4 is 10.6 Å². The molecule has 4 rings (SSSR count). The van der Waals surface area contributed by atoms with Crippen LogP contribution in [0.25, 0.3) is 0 Å². The average Bonchev–Trinajstić information content (AvgIpc) is 3.45. The SMILES string of the molecule is CN(Cc1ccccc1)C(=O)[C@@H](CC(=O)O)NC(=O)CC[C@@H](NC(=O)c1cc(Cl)cc(Cl)c1)C(=O)N1CCC2(CCCC2)CC1. The number of rotatable bonds is 12. The van der Waals surface area contributed by atoms with Crippen molar-refractivity contribution < 1.29 is 29.1 Å². The van der Waals surface area contributed by atoms with E-state index in [4.69, 9.17) is 23.2 Å². The summed E-state index contributed by atoms with van der Waals surface area (Å²) in [5, 5.41) is 15.3. The number of amides is 4. The molecule has 10 nitrogen and oxygen atoms in total. The van der Waals surface area contributed by atoms with Crippen molar-refractivity contribution >= 4 is 52.8 Å². The molecule has 0 unspecified atom stereocenters. The van der Waals surface area contributed by atoms with Crippen LogP contribution in [0.3, 0.4) is 0 Å². The molecule has 1 saturated heterocycles. The summed E-state index contributed by atoms with van der Waals surface area (Å²) in [5.41, 5.74) is 1.31. The molecule has 2 aromatic rings. The van der Waals surface area contributed by atoms with Crippen LogP contribution in [0.5, 0.6) is 0 Å². The molecule has 2 fully saturated rings. The molecular formula is C33H40Cl2N4O6. The fourth-order valence-corrected chi connectivity index (χ4v) is 6.87. The number of carboxylic acid groups (broad SMARTS) is 1. The quantitative estimate of drug-likeness (QED) is 0.303. The van der Waals surface area contributed by atoms with Gasteiger partial charge in [0, 0.05) is 48.7 Å². The molecule has 1 heterocycles. The lowest BCUT2D eigenvalue weighted by molar-refractivity contribution is -0.143. The molecule has 2 aliphatic rings. The van der Waals surface area contributed by atoms with E-state index < -0.39 is 42.2 Å². The third kappa shape index (κ3) is 9.68. The van der Waals surface area contributed by atoms with Crippen LogP contribution in [-0.2, 0) is 25.7 Å². The summed E-state index contributed by atoms with van der Waals surface area (Å²) >= 11 is 12.2. The number of likely N-dealkylation sites (N-methyl/N-ethyl adjacent to an activating group) is 1. The maximum absolute atomic E-state index is 13.7. The van der Waals surface area contributed by atoms with Gasteiger partial charge in [-0.25, -0.2) is 0 Å². The third-order valence-electron chi connectivity index (χ3n) is 8.84. The van der Waals surface area contributed by atoms with Crippen LogP contribution in [0.15, 0.2) is 48.5 Å². The summed E-state index contributed by atoms with van der Waals surface area (Å²) in [7, 11) is 1.54. The number of hydrogen-bond donors (Lipinski definition) is 3. The molecule has 0 aromatic heterocycles. The zero-order valence-corrected chi connectivity index (χ0v) is 26.9. The van der Waals surface area contributed by atoms with E-state index in [-0.39, 0.29) is 46.3 Å². The Labute approximate surface area is 273 Å². The molecular weight excluding hydrogens is 619 g/mol. The van der Waals surface area contributed by atoms with Crippen LogP contribution in [0, 0.1) is 5.41 Å². The second-order valence-corrected chi connectivity index (χ2v) is 13.0. The van der Waals surface area contributed by atoms with E-state index in [1.807, 2.05) is 30.3 Å². The smallest absolute Gasteiger partial charge is 0.305 e. The van der Waals surface area contributed by atoms with Gasteiger partial charge in [0.05, 0.1) is 6.42 Å². The standard InChI is InChI=1S/C33H40Cl2N4O6/c1-38(21-22-7-3-2-4-8-22)31(44)27(20-29(41)42)36-28(40)10-9-26(37-30(43)23-17-24(34)19-25(35)18-23)32(45)39-15-13-33(14-16-39)11-5-6-12-33/h2-4,7-8,17-19,26-27H,5-6,9-16,20-21H2,1H3,(H,36,40)(H,37,43)(H,41,42)/t26-,27-/m1/s1. The minimum Gasteiger partial charge on any atom is -0.481 e. The lowest BCUT2D eigenvalue weighted by Gasteiger charge is -2.40. The second kappa shape index (κ2) is 15.6. The first-order valence-electron chi connectivity index (χ1n) is 15.3. The molecule has 1 aliphatic carbocycles. The van der Waals surface area contributed by atoms with E-state index in [2.05, 4.69) is 10.6 Å². The van der Waals surface area contributed by atoms with Gasteiger partial charge < -0.3 is 25.5 Å². The van der Waals surface area contributed by atoms with Gasteiger partial charge in [0.15, 0.2) is 0 Å². The summed E-state index contributed by atoms with van der Waals surface area (Å²) in [4.78, 5) is 67.8. The highest BCUT2D eigenvalue weighted by Gasteiger charge is 2.39. The highest BCUT2D eigenvalue weighted by Crippen LogP contribution is 2.46. The molecule has 2 aromatic carbocycles. The molecule has 0 radical (unpaired) electrons. The van der Waals surface area contributed by atoms with Crippen molar-refractivity contribution in [3.63, 3.8) is 0 Å². The van der Waals surface area contributed by atoms with Gasteiger partial charge >= 0.3 is 5.97 Å². The van der Waals surface area contributed by atoms with E-state index in [0.717, 1.165) is 18.4 Å². The maximum atomic E-state index is 13.7. The second-order valence-electron chi connectivity index (χ2n) is 12.2. The van der Waals surface area contributed by atoms with E-state index in [0.29, 0.717) is 13.1 Å². The van der Waals surface area contributed by atoms with Crippen molar-refractivity contribution in [2.75, 3.05) is 20.1 Å². The van der Waals surface area contributed by atoms with Gasteiger partial charge in [-0.2, -0.15) is 0 Å². The van der Waals surface area contributed by atoms with Gasteiger partial charge in [-0.3, -0.25) is 24.0 Å². The Morgan fingerprint density at radius 3 is 2.13 bits per heavy atom. The Hall–Kier alpha value is -3.63. The molecule has 242 valence electrons. The Morgan fingerprint density at radius 2 is 1.53 bits per heavy atom. The average molecular weight is 660 g/mol. The summed E-state index contributed by atoms with van der Waals surface area (Å²) in [6, 6.07) is 11.2. The predicted molar refractivity (Wildman–Crippen MR) is 171 cm³/mol. The number of piperidine rings is 1. The molecule has 45 heavy (non-hydrogen) atoms. The van der Waals surface area contributed by atoms with Crippen LogP contribution >= 0.6 is 23.2 Å². The van der Waals surface area contributed by atoms with Gasteiger partial charge in [-0.15, -0.1) is 0 Å². The monoisotopic (exact) mass is 658 g/mol. The van der Waals surface area contributed by atoms with E-state index in [9.17, 15) is 29.1 Å². The van der Waals surface area contributed by atoms with Crippen molar-refractivity contribution in [2.24, 2.45) is 5.41 Å². The first-order valence-corrected chi connectivity index (χ1v) is 16.1. The molecule has 4 amide bonds. The Bertz CT molecular complexity index is 1370. The number of halogens is 2. The van der Waals surface area contributed by atoms with Gasteiger partial charge in [0.2, 0.25) is 17.7 Å². The van der Waals surface area contributed by atoms with Crippen molar-refractivity contribution in [1.82, 2.24) is 20.4 Å². The first kappa shape index (κ1) is 34.2. The number of hydrogen-bond acceptors (Lipinski definition) is 5. The van der Waals surface area contributed by atoms with E-state index in [1.54, 1.807) is 4.90 Å². The largest absolute Gasteiger partial charge is 0.481 e. The number of carbonyl (C=O) groups excluding carboxylic acids is 4. The minimum atomic E-state index is -1.30. The number of nitrogens with zero attached hydrogens (tertiary/aromatic N) is 2. The highest BCUT2D eigenvalue weighted by molar-refractivity contribution is 6.35. The topological polar surface area (TPSA) is 136 Å². The van der Waals surface area contributed by atoms with E-state index in [1.165, 1.54) is 55.8 Å². The zero-order valence-electron chi connectivity index (χ0n) is 25.4. The Balaban J connectivity index is 1.43.